The maximum atomic E-state index is 12.9. The number of rotatable bonds is 9. The van der Waals surface area contributed by atoms with Crippen LogP contribution in [0.25, 0.3) is 0 Å². The lowest BCUT2D eigenvalue weighted by Gasteiger charge is -2.26. The smallest absolute Gasteiger partial charge is 0.322 e. The van der Waals surface area contributed by atoms with Gasteiger partial charge >= 0.3 is 5.97 Å². The number of carbonyl (C=O) groups excluding carboxylic acids is 1. The minimum atomic E-state index is -0.931. The summed E-state index contributed by atoms with van der Waals surface area (Å²) in [5.41, 5.74) is 0.539. The van der Waals surface area contributed by atoms with Crippen LogP contribution in [-0.2, 0) is 21.6 Å². The van der Waals surface area contributed by atoms with Crippen LogP contribution >= 0.6 is 0 Å². The molecule has 2 aromatic rings. The first kappa shape index (κ1) is 19.9. The highest BCUT2D eigenvalue weighted by atomic mass is 16.5. The maximum Gasteiger partial charge on any atom is 0.322 e. The molecule has 6 nitrogen and oxygen atoms in total. The quantitative estimate of drug-likeness (QED) is 0.657. The molecule has 2 unspecified atom stereocenters. The number of ether oxygens (including phenoxy) is 2. The van der Waals surface area contributed by atoms with Gasteiger partial charge in [-0.3, -0.25) is 4.79 Å². The van der Waals surface area contributed by atoms with Crippen molar-refractivity contribution in [2.75, 3.05) is 0 Å². The first-order valence-electron chi connectivity index (χ1n) is 9.81. The predicted molar refractivity (Wildman–Crippen MR) is 107 cm³/mol. The Morgan fingerprint density at radius 3 is 2.68 bits per heavy atom. The number of carbonyl (C=O) groups is 1. The summed E-state index contributed by atoms with van der Waals surface area (Å²) in [4.78, 5) is 12.9. The van der Waals surface area contributed by atoms with Crippen LogP contribution < -0.4 is 4.74 Å². The maximum absolute atomic E-state index is 12.9. The Bertz CT molecular complexity index is 812. The Labute approximate surface area is 165 Å². The second kappa shape index (κ2) is 9.35. The summed E-state index contributed by atoms with van der Waals surface area (Å²) in [6.07, 6.45) is 12.9. The molecule has 3 rings (SSSR count). The number of hydrogen-bond donors (Lipinski definition) is 1. The lowest BCUT2D eigenvalue weighted by molar-refractivity contribution is -0.150. The molecule has 0 radical (unpaired) electrons. The molecular formula is C22H27N3O3. The van der Waals surface area contributed by atoms with Gasteiger partial charge in [-0.1, -0.05) is 56.7 Å². The summed E-state index contributed by atoms with van der Waals surface area (Å²) in [6, 6.07) is 7.72. The van der Waals surface area contributed by atoms with Crippen LogP contribution in [0.5, 0.6) is 5.75 Å². The van der Waals surface area contributed by atoms with Crippen molar-refractivity contribution < 1.29 is 14.3 Å². The van der Waals surface area contributed by atoms with Crippen LogP contribution in [0.15, 0.2) is 54.8 Å². The third-order valence-electron chi connectivity index (χ3n) is 4.97. The molecule has 0 amide bonds. The zero-order valence-electron chi connectivity index (χ0n) is 16.4. The topological polar surface area (TPSA) is 77.1 Å². The molecule has 0 aliphatic heterocycles. The molecule has 0 saturated heterocycles. The number of esters is 1. The molecule has 6 heteroatoms. The van der Waals surface area contributed by atoms with Crippen molar-refractivity contribution in [3.63, 3.8) is 0 Å². The zero-order valence-corrected chi connectivity index (χ0v) is 16.4. The number of benzene rings is 1. The average Bonchev–Trinajstić information content (AvgIpc) is 3.28. The standard InChI is InChI=1S/C22H27N3O3/c1-3-8-18(4-2)28-19-11-9-17(10-12-19)16-27-21(26)22(13-6-5-7-14-22)20-15-23-25-24-20/h5-7,9-13,15,18H,3-4,8,14,16H2,1-2H3,(H,23,24,25). The Hall–Kier alpha value is -2.89. The molecule has 1 aromatic carbocycles. The zero-order chi connectivity index (χ0) is 19.8. The van der Waals surface area contributed by atoms with E-state index in [0.29, 0.717) is 12.1 Å². The van der Waals surface area contributed by atoms with E-state index in [1.165, 1.54) is 0 Å². The van der Waals surface area contributed by atoms with Crippen LogP contribution in [0.4, 0.5) is 0 Å². The Morgan fingerprint density at radius 2 is 2.07 bits per heavy atom. The Kier molecular flexibility index (Phi) is 6.63. The van der Waals surface area contributed by atoms with E-state index in [4.69, 9.17) is 9.47 Å². The second-order valence-electron chi connectivity index (χ2n) is 6.97. The summed E-state index contributed by atoms with van der Waals surface area (Å²) in [5, 5.41) is 10.5. The van der Waals surface area contributed by atoms with Crippen molar-refractivity contribution in [3.8, 4) is 5.75 Å². The van der Waals surface area contributed by atoms with E-state index in [9.17, 15) is 4.79 Å². The SMILES string of the molecule is CCCC(CC)Oc1ccc(COC(=O)C2(c3cn[nH]n3)C=CC=CC2)cc1. The number of nitrogens with zero attached hydrogens (tertiary/aromatic N) is 2. The third-order valence-corrected chi connectivity index (χ3v) is 4.97. The molecule has 0 saturated carbocycles. The molecule has 1 aliphatic carbocycles. The van der Waals surface area contributed by atoms with E-state index in [-0.39, 0.29) is 18.7 Å². The molecule has 1 N–H and O–H groups in total. The largest absolute Gasteiger partial charge is 0.490 e. The third kappa shape index (κ3) is 4.50. The van der Waals surface area contributed by atoms with Gasteiger partial charge in [-0.2, -0.15) is 15.4 Å². The number of nitrogens with one attached hydrogen (secondary N) is 1. The van der Waals surface area contributed by atoms with E-state index in [1.807, 2.05) is 48.6 Å². The van der Waals surface area contributed by atoms with Crippen LogP contribution in [0.3, 0.4) is 0 Å². The molecule has 148 valence electrons. The molecule has 1 heterocycles. The van der Waals surface area contributed by atoms with Crippen molar-refractivity contribution in [3.05, 3.63) is 66.0 Å². The van der Waals surface area contributed by atoms with Gasteiger partial charge in [-0.15, -0.1) is 0 Å². The molecule has 0 fully saturated rings. The summed E-state index contributed by atoms with van der Waals surface area (Å²) >= 11 is 0. The van der Waals surface area contributed by atoms with Gasteiger partial charge in [0.15, 0.2) is 0 Å². The highest BCUT2D eigenvalue weighted by Crippen LogP contribution is 2.32. The summed E-state index contributed by atoms with van der Waals surface area (Å²) in [7, 11) is 0. The second-order valence-corrected chi connectivity index (χ2v) is 6.97. The van der Waals surface area contributed by atoms with E-state index in [2.05, 4.69) is 29.3 Å². The van der Waals surface area contributed by atoms with Gasteiger partial charge in [0.25, 0.3) is 0 Å². The monoisotopic (exact) mass is 381 g/mol. The molecule has 2 atom stereocenters. The minimum Gasteiger partial charge on any atom is -0.490 e. The normalized spacial score (nSPS) is 19.4. The fourth-order valence-corrected chi connectivity index (χ4v) is 3.29. The summed E-state index contributed by atoms with van der Waals surface area (Å²) < 4.78 is 11.6. The number of hydrogen-bond acceptors (Lipinski definition) is 5. The van der Waals surface area contributed by atoms with Crippen molar-refractivity contribution in [2.45, 2.75) is 57.7 Å². The van der Waals surface area contributed by atoms with E-state index >= 15 is 0 Å². The van der Waals surface area contributed by atoms with Crippen LogP contribution in [0.2, 0.25) is 0 Å². The molecular weight excluding hydrogens is 354 g/mol. The van der Waals surface area contributed by atoms with Crippen molar-refractivity contribution >= 4 is 5.97 Å². The van der Waals surface area contributed by atoms with E-state index < -0.39 is 5.41 Å². The molecule has 1 aliphatic rings. The molecule has 28 heavy (non-hydrogen) atoms. The van der Waals surface area contributed by atoms with Gasteiger partial charge in [-0.05, 0) is 37.0 Å². The number of aromatic nitrogens is 3. The summed E-state index contributed by atoms with van der Waals surface area (Å²) in [6.45, 7) is 4.49. The highest BCUT2D eigenvalue weighted by Gasteiger charge is 2.41. The fraction of sp³-hybridized carbons (Fsp3) is 0.409. The van der Waals surface area contributed by atoms with Crippen LogP contribution in [-0.4, -0.2) is 27.5 Å². The van der Waals surface area contributed by atoms with Gasteiger partial charge in [0.1, 0.15) is 23.5 Å². The van der Waals surface area contributed by atoms with Crippen molar-refractivity contribution in [1.82, 2.24) is 15.4 Å². The minimum absolute atomic E-state index is 0.197. The van der Waals surface area contributed by atoms with E-state index in [1.54, 1.807) is 6.20 Å². The van der Waals surface area contributed by atoms with Gasteiger partial charge < -0.3 is 9.47 Å². The predicted octanol–water partition coefficient (Wildman–Crippen LogP) is 4.26. The lowest BCUT2D eigenvalue weighted by Crippen LogP contribution is -2.36. The first-order chi connectivity index (χ1) is 13.7. The van der Waals surface area contributed by atoms with Gasteiger partial charge in [0.2, 0.25) is 0 Å². The number of H-pyrrole nitrogens is 1. The van der Waals surface area contributed by atoms with Gasteiger partial charge in [0.05, 0.1) is 12.3 Å². The molecule has 0 bridgehead atoms. The fourth-order valence-electron chi connectivity index (χ4n) is 3.29. The number of aromatic amines is 1. The number of allylic oxidation sites excluding steroid dienone is 3. The lowest BCUT2D eigenvalue weighted by atomic mass is 9.79. The Morgan fingerprint density at radius 1 is 1.25 bits per heavy atom. The van der Waals surface area contributed by atoms with Gasteiger partial charge in [0, 0.05) is 0 Å². The Balaban J connectivity index is 1.62. The van der Waals surface area contributed by atoms with E-state index in [0.717, 1.165) is 30.6 Å². The molecule has 0 spiro atoms. The van der Waals surface area contributed by atoms with Crippen molar-refractivity contribution in [2.24, 2.45) is 0 Å². The summed E-state index contributed by atoms with van der Waals surface area (Å²) in [5.74, 6) is 0.506. The van der Waals surface area contributed by atoms with Crippen LogP contribution in [0.1, 0.15) is 50.8 Å². The van der Waals surface area contributed by atoms with Crippen molar-refractivity contribution in [1.29, 1.82) is 0 Å². The van der Waals surface area contributed by atoms with Crippen LogP contribution in [0, 0.1) is 0 Å². The highest BCUT2D eigenvalue weighted by molar-refractivity contribution is 5.85. The van der Waals surface area contributed by atoms with Gasteiger partial charge in [-0.25, -0.2) is 0 Å². The average molecular weight is 381 g/mol. The molecule has 1 aromatic heterocycles. The first-order valence-corrected chi connectivity index (χ1v) is 9.81.